The standard InChI is InChI=1S/C7H11F2NS.ClH/c8-7(9)5-1-10-2-6(7)4-11-3-5;/h5-6,10H,1-4H2;1H. The molecule has 0 spiro atoms. The van der Waals surface area contributed by atoms with Crippen LogP contribution in [0.5, 0.6) is 0 Å². The van der Waals surface area contributed by atoms with Crippen molar-refractivity contribution in [2.45, 2.75) is 5.92 Å². The molecule has 72 valence electrons. The lowest BCUT2D eigenvalue weighted by molar-refractivity contribution is -0.111. The van der Waals surface area contributed by atoms with E-state index < -0.39 is 17.8 Å². The minimum atomic E-state index is -2.39. The first kappa shape index (κ1) is 10.5. The molecule has 2 aliphatic rings. The number of hydrogen-bond donors (Lipinski definition) is 1. The maximum atomic E-state index is 13.3. The average Bonchev–Trinajstić information content (AvgIpc) is 1.82. The van der Waals surface area contributed by atoms with Crippen molar-refractivity contribution in [3.8, 4) is 0 Å². The molecule has 2 unspecified atom stereocenters. The topological polar surface area (TPSA) is 12.0 Å². The van der Waals surface area contributed by atoms with Gasteiger partial charge in [0.05, 0.1) is 0 Å². The maximum Gasteiger partial charge on any atom is 0.257 e. The summed E-state index contributed by atoms with van der Waals surface area (Å²) in [4.78, 5) is 0. The monoisotopic (exact) mass is 215 g/mol. The highest BCUT2D eigenvalue weighted by atomic mass is 35.5. The molecule has 0 aromatic rings. The quantitative estimate of drug-likeness (QED) is 0.659. The largest absolute Gasteiger partial charge is 0.316 e. The third kappa shape index (κ3) is 1.56. The molecule has 5 heteroatoms. The molecule has 0 aliphatic carbocycles. The number of halogens is 3. The van der Waals surface area contributed by atoms with Crippen LogP contribution >= 0.6 is 24.2 Å². The van der Waals surface area contributed by atoms with Gasteiger partial charge in [0, 0.05) is 36.4 Å². The average molecular weight is 216 g/mol. The summed E-state index contributed by atoms with van der Waals surface area (Å²) in [5.74, 6) is -1.98. The molecule has 0 aromatic heterocycles. The zero-order chi connectivity index (χ0) is 7.90. The van der Waals surface area contributed by atoms with Gasteiger partial charge >= 0.3 is 0 Å². The Kier molecular flexibility index (Phi) is 3.23. The van der Waals surface area contributed by atoms with Gasteiger partial charge in [-0.25, -0.2) is 8.78 Å². The van der Waals surface area contributed by atoms with E-state index in [0.29, 0.717) is 24.6 Å². The molecule has 0 aromatic carbocycles. The van der Waals surface area contributed by atoms with E-state index >= 15 is 0 Å². The second kappa shape index (κ2) is 3.68. The van der Waals surface area contributed by atoms with E-state index in [-0.39, 0.29) is 12.4 Å². The predicted octanol–water partition coefficient (Wildman–Crippen LogP) is 1.63. The summed E-state index contributed by atoms with van der Waals surface area (Å²) in [6, 6.07) is 0. The summed E-state index contributed by atoms with van der Waals surface area (Å²) in [5.41, 5.74) is 0. The first-order valence-electron chi connectivity index (χ1n) is 3.87. The Labute approximate surface area is 81.1 Å². The molecule has 2 heterocycles. The van der Waals surface area contributed by atoms with Crippen molar-refractivity contribution < 1.29 is 8.78 Å². The van der Waals surface area contributed by atoms with Crippen molar-refractivity contribution in [3.05, 3.63) is 0 Å². The van der Waals surface area contributed by atoms with Gasteiger partial charge < -0.3 is 5.32 Å². The highest BCUT2D eigenvalue weighted by molar-refractivity contribution is 7.99. The van der Waals surface area contributed by atoms with Gasteiger partial charge in [0.15, 0.2) is 0 Å². The van der Waals surface area contributed by atoms with Gasteiger partial charge in [-0.2, -0.15) is 11.8 Å². The van der Waals surface area contributed by atoms with Crippen LogP contribution in [0, 0.1) is 11.8 Å². The molecule has 0 amide bonds. The Hall–Kier alpha value is 0.460. The van der Waals surface area contributed by atoms with Crippen LogP contribution in [0.25, 0.3) is 0 Å². The smallest absolute Gasteiger partial charge is 0.257 e. The highest BCUT2D eigenvalue weighted by Crippen LogP contribution is 2.42. The van der Waals surface area contributed by atoms with Gasteiger partial charge in [0.2, 0.25) is 0 Å². The van der Waals surface area contributed by atoms with Crippen LogP contribution in [0.1, 0.15) is 0 Å². The molecular weight excluding hydrogens is 204 g/mol. The van der Waals surface area contributed by atoms with E-state index in [2.05, 4.69) is 5.32 Å². The molecule has 2 bridgehead atoms. The SMILES string of the molecule is Cl.FC1(F)C2CNCC1CSC2. The minimum Gasteiger partial charge on any atom is -0.316 e. The van der Waals surface area contributed by atoms with Crippen LogP contribution in [0.3, 0.4) is 0 Å². The Balaban J connectivity index is 0.000000720. The zero-order valence-corrected chi connectivity index (χ0v) is 8.19. The van der Waals surface area contributed by atoms with Crippen molar-refractivity contribution in [1.82, 2.24) is 5.32 Å². The normalized spacial score (nSPS) is 38.5. The van der Waals surface area contributed by atoms with Gasteiger partial charge in [-0.1, -0.05) is 0 Å². The summed E-state index contributed by atoms with van der Waals surface area (Å²) in [6.07, 6.45) is 0. The van der Waals surface area contributed by atoms with E-state index in [1.54, 1.807) is 11.8 Å². The number of hydrogen-bond acceptors (Lipinski definition) is 2. The van der Waals surface area contributed by atoms with Gasteiger partial charge in [-0.15, -0.1) is 12.4 Å². The van der Waals surface area contributed by atoms with Crippen LogP contribution in [-0.4, -0.2) is 30.5 Å². The van der Waals surface area contributed by atoms with Crippen molar-refractivity contribution in [3.63, 3.8) is 0 Å². The number of thioether (sulfide) groups is 1. The van der Waals surface area contributed by atoms with E-state index in [1.165, 1.54) is 0 Å². The number of alkyl halides is 2. The first-order chi connectivity index (χ1) is 5.21. The molecule has 1 nitrogen and oxygen atoms in total. The summed E-state index contributed by atoms with van der Waals surface area (Å²) < 4.78 is 26.5. The van der Waals surface area contributed by atoms with Gasteiger partial charge in [0.25, 0.3) is 5.92 Å². The summed E-state index contributed by atoms with van der Waals surface area (Å²) in [5, 5.41) is 3.05. The fraction of sp³-hybridized carbons (Fsp3) is 1.00. The summed E-state index contributed by atoms with van der Waals surface area (Å²) in [7, 11) is 0. The predicted molar refractivity (Wildman–Crippen MR) is 49.4 cm³/mol. The molecule has 2 fully saturated rings. The second-order valence-electron chi connectivity index (χ2n) is 3.26. The number of piperidine rings is 1. The molecule has 2 rings (SSSR count). The molecule has 2 atom stereocenters. The van der Waals surface area contributed by atoms with Crippen LogP contribution in [0.15, 0.2) is 0 Å². The van der Waals surface area contributed by atoms with Crippen molar-refractivity contribution in [2.75, 3.05) is 24.6 Å². The number of fused-ring (bicyclic) bond motifs is 2. The molecular formula is C7H12ClF2NS. The summed E-state index contributed by atoms with van der Waals surface area (Å²) >= 11 is 1.67. The van der Waals surface area contributed by atoms with E-state index in [1.807, 2.05) is 0 Å². The molecule has 0 radical (unpaired) electrons. The Morgan fingerprint density at radius 1 is 1.17 bits per heavy atom. The van der Waals surface area contributed by atoms with Crippen molar-refractivity contribution >= 4 is 24.2 Å². The van der Waals surface area contributed by atoms with Crippen molar-refractivity contribution in [1.29, 1.82) is 0 Å². The lowest BCUT2D eigenvalue weighted by Gasteiger charge is -2.42. The minimum absolute atomic E-state index is 0. The lowest BCUT2D eigenvalue weighted by atomic mass is 9.88. The maximum absolute atomic E-state index is 13.3. The van der Waals surface area contributed by atoms with Crippen molar-refractivity contribution in [2.24, 2.45) is 11.8 Å². The first-order valence-corrected chi connectivity index (χ1v) is 5.03. The molecule has 12 heavy (non-hydrogen) atoms. The fourth-order valence-electron chi connectivity index (χ4n) is 1.73. The van der Waals surface area contributed by atoms with Gasteiger partial charge in [-0.3, -0.25) is 0 Å². The van der Waals surface area contributed by atoms with Crippen LogP contribution < -0.4 is 5.32 Å². The van der Waals surface area contributed by atoms with Crippen LogP contribution in [0.4, 0.5) is 8.78 Å². The summed E-state index contributed by atoms with van der Waals surface area (Å²) in [6.45, 7) is 0.993. The molecule has 2 saturated heterocycles. The van der Waals surface area contributed by atoms with Crippen LogP contribution in [0.2, 0.25) is 0 Å². The van der Waals surface area contributed by atoms with E-state index in [4.69, 9.17) is 0 Å². The van der Waals surface area contributed by atoms with E-state index in [9.17, 15) is 8.78 Å². The highest BCUT2D eigenvalue weighted by Gasteiger charge is 2.51. The number of rotatable bonds is 0. The molecule has 2 aliphatic heterocycles. The van der Waals surface area contributed by atoms with Crippen LogP contribution in [-0.2, 0) is 0 Å². The lowest BCUT2D eigenvalue weighted by Crippen LogP contribution is -2.56. The van der Waals surface area contributed by atoms with Gasteiger partial charge in [-0.05, 0) is 0 Å². The third-order valence-corrected chi connectivity index (χ3v) is 3.78. The molecule has 1 N–H and O–H groups in total. The second-order valence-corrected chi connectivity index (χ2v) is 4.34. The molecule has 0 saturated carbocycles. The zero-order valence-electron chi connectivity index (χ0n) is 6.56. The van der Waals surface area contributed by atoms with Gasteiger partial charge in [0.1, 0.15) is 0 Å². The Bertz CT molecular complexity index is 143. The Morgan fingerprint density at radius 2 is 1.67 bits per heavy atom. The third-order valence-electron chi connectivity index (χ3n) is 2.51. The van der Waals surface area contributed by atoms with E-state index in [0.717, 1.165) is 0 Å². The fourth-order valence-corrected chi connectivity index (χ4v) is 3.12. The Morgan fingerprint density at radius 3 is 2.08 bits per heavy atom. The number of nitrogens with one attached hydrogen (secondary N) is 1.